The Morgan fingerprint density at radius 2 is 1.47 bits per heavy atom. The van der Waals surface area contributed by atoms with Gasteiger partial charge in [0.15, 0.2) is 0 Å². The maximum Gasteiger partial charge on any atom is 0.360 e. The molecule has 4 unspecified atom stereocenters. The van der Waals surface area contributed by atoms with Crippen molar-refractivity contribution in [1.29, 1.82) is 0 Å². The molecule has 230 valence electrons. The van der Waals surface area contributed by atoms with Gasteiger partial charge in [0.1, 0.15) is 0 Å². The predicted molar refractivity (Wildman–Crippen MR) is 163 cm³/mol. The number of nitrogens with one attached hydrogen (secondary N) is 1. The Kier molecular flexibility index (Phi) is 8.45. The highest BCUT2D eigenvalue weighted by atomic mass is 32.2. The molecule has 2 aliphatic carbocycles. The van der Waals surface area contributed by atoms with E-state index < -0.39 is 21.6 Å². The molecule has 1 aromatic heterocycles. The van der Waals surface area contributed by atoms with Crippen molar-refractivity contribution in [2.24, 2.45) is 11.8 Å². The van der Waals surface area contributed by atoms with Crippen molar-refractivity contribution in [2.75, 3.05) is 0 Å². The fraction of sp³-hybridized carbons (Fsp3) is 0.545. The lowest BCUT2D eigenvalue weighted by atomic mass is 9.68. The van der Waals surface area contributed by atoms with Crippen LogP contribution in [0.5, 0.6) is 0 Å². The Balaban J connectivity index is 0.000000254. The summed E-state index contributed by atoms with van der Waals surface area (Å²) >= 11 is 0. The molecule has 4 aliphatic rings. The summed E-state index contributed by atoms with van der Waals surface area (Å²) in [6.45, 7) is 1.84. The van der Waals surface area contributed by atoms with Crippen LogP contribution in [0, 0.1) is 18.8 Å². The van der Waals surface area contributed by atoms with Gasteiger partial charge in [-0.15, -0.1) is 0 Å². The van der Waals surface area contributed by atoms with E-state index in [-0.39, 0.29) is 16.6 Å². The van der Waals surface area contributed by atoms with Gasteiger partial charge in [0.25, 0.3) is 15.7 Å². The Labute approximate surface area is 252 Å². The Morgan fingerprint density at radius 3 is 2.07 bits per heavy atom. The second-order valence-corrected chi connectivity index (χ2v) is 14.7. The number of para-hydroxylation sites is 2. The largest absolute Gasteiger partial charge is 0.476 e. The number of hydrogen-bond acceptors (Lipinski definition) is 5. The number of carboxylic acids is 1. The van der Waals surface area contributed by atoms with Crippen LogP contribution in [0.1, 0.15) is 92.7 Å². The minimum Gasteiger partial charge on any atom is -0.476 e. The van der Waals surface area contributed by atoms with Gasteiger partial charge in [-0.1, -0.05) is 49.1 Å². The first-order chi connectivity index (χ1) is 20.6. The zero-order chi connectivity index (χ0) is 30.3. The smallest absolute Gasteiger partial charge is 0.360 e. The van der Waals surface area contributed by atoms with E-state index >= 15 is 0 Å². The molecular weight excluding hydrogens is 566 g/mol. The summed E-state index contributed by atoms with van der Waals surface area (Å²) in [7, 11) is -4.02. The molecule has 7 rings (SSSR count). The molecule has 3 heterocycles. The van der Waals surface area contributed by atoms with Crippen molar-refractivity contribution >= 4 is 27.1 Å². The molecule has 3 aromatic rings. The first-order valence-electron chi connectivity index (χ1n) is 15.7. The first-order valence-corrected chi connectivity index (χ1v) is 17.2. The average molecular weight is 609 g/mol. The summed E-state index contributed by atoms with van der Waals surface area (Å²) in [6, 6.07) is 15.5. The molecule has 10 heteroatoms. The SMILES string of the molecule is Cc1ccc(S(=O)(=O)O)cc1.O=C(O)c1nc2ccccc2n(C2C[C@H]3CCC[C@@H](C2)[NH+]3C2CC3CCCC(C3)C2)c1=O. The van der Waals surface area contributed by atoms with Gasteiger partial charge in [0, 0.05) is 31.7 Å². The molecule has 0 amide bonds. The van der Waals surface area contributed by atoms with E-state index in [9.17, 15) is 23.1 Å². The lowest BCUT2D eigenvalue weighted by Crippen LogP contribution is -3.24. The maximum atomic E-state index is 13.3. The van der Waals surface area contributed by atoms with E-state index in [4.69, 9.17) is 4.55 Å². The third-order valence-electron chi connectivity index (χ3n) is 10.4. The molecule has 43 heavy (non-hydrogen) atoms. The van der Waals surface area contributed by atoms with Crippen molar-refractivity contribution in [3.05, 3.63) is 70.1 Å². The molecule has 4 bridgehead atoms. The van der Waals surface area contributed by atoms with E-state index in [1.165, 1.54) is 69.9 Å². The van der Waals surface area contributed by atoms with E-state index in [1.54, 1.807) is 16.7 Å². The monoisotopic (exact) mass is 608 g/mol. The van der Waals surface area contributed by atoms with Gasteiger partial charge in [-0.05, 0) is 68.7 Å². The van der Waals surface area contributed by atoms with Gasteiger partial charge in [-0.3, -0.25) is 9.35 Å². The fourth-order valence-electron chi connectivity index (χ4n) is 8.79. The van der Waals surface area contributed by atoms with E-state index in [2.05, 4.69) is 4.98 Å². The van der Waals surface area contributed by atoms with Crippen molar-refractivity contribution in [3.8, 4) is 0 Å². The Bertz CT molecular complexity index is 1630. The lowest BCUT2D eigenvalue weighted by Gasteiger charge is -2.52. The lowest BCUT2D eigenvalue weighted by molar-refractivity contribution is -0.986. The number of hydrogen-bond donors (Lipinski definition) is 3. The summed E-state index contributed by atoms with van der Waals surface area (Å²) in [4.78, 5) is 31.0. The van der Waals surface area contributed by atoms with Crippen LogP contribution < -0.4 is 10.5 Å². The number of benzene rings is 2. The molecule has 6 atom stereocenters. The van der Waals surface area contributed by atoms with Crippen molar-refractivity contribution in [2.45, 2.75) is 107 Å². The van der Waals surface area contributed by atoms with E-state index in [0.29, 0.717) is 17.6 Å². The number of carboxylic acid groups (broad SMARTS) is 1. The minimum absolute atomic E-state index is 0.0654. The van der Waals surface area contributed by atoms with Crippen LogP contribution in [0.3, 0.4) is 0 Å². The minimum atomic E-state index is -4.02. The van der Waals surface area contributed by atoms with Gasteiger partial charge >= 0.3 is 5.97 Å². The standard InChI is InChI=1S/C26H33N3O3.C7H8O3S/c30-25-24(26(31)32)27-22-9-1-2-10-23(22)29(25)21-14-18-7-4-8-19(15-21)28(18)20-12-16-5-3-6-17(11-16)13-20;1-6-2-4-7(5-3-6)11(8,9)10/h1-2,9-10,16-21H,3-8,11-15H2,(H,31,32);2-5H,1H3,(H,8,9,10)/p+1/t16?,17?,18-,19+,20?,21?;. The van der Waals surface area contributed by atoms with Gasteiger partial charge in [-0.25, -0.2) is 9.78 Å². The summed E-state index contributed by atoms with van der Waals surface area (Å²) in [6.07, 6.45) is 14.2. The predicted octanol–water partition coefficient (Wildman–Crippen LogP) is 4.45. The second kappa shape index (κ2) is 12.1. The number of aromatic carboxylic acids is 1. The van der Waals surface area contributed by atoms with Crippen LogP contribution in [0.15, 0.2) is 58.2 Å². The average Bonchev–Trinajstić information content (AvgIpc) is 2.96. The number of nitrogens with zero attached hydrogens (tertiary/aromatic N) is 2. The molecule has 4 fully saturated rings. The molecule has 9 nitrogen and oxygen atoms in total. The van der Waals surface area contributed by atoms with Crippen LogP contribution in [0.4, 0.5) is 0 Å². The first kappa shape index (κ1) is 30.0. The number of aromatic nitrogens is 2. The number of carbonyl (C=O) groups is 1. The van der Waals surface area contributed by atoms with Crippen LogP contribution in [-0.4, -0.2) is 51.7 Å². The Morgan fingerprint density at radius 1 is 0.860 bits per heavy atom. The highest BCUT2D eigenvalue weighted by Crippen LogP contribution is 2.40. The molecule has 2 aliphatic heterocycles. The molecule has 2 saturated carbocycles. The van der Waals surface area contributed by atoms with Gasteiger partial charge in [0.05, 0.1) is 34.1 Å². The van der Waals surface area contributed by atoms with Gasteiger partial charge < -0.3 is 14.6 Å². The zero-order valence-electron chi connectivity index (χ0n) is 24.7. The highest BCUT2D eigenvalue weighted by Gasteiger charge is 2.48. The van der Waals surface area contributed by atoms with E-state index in [0.717, 1.165) is 41.8 Å². The molecular formula is C33H42N3O6S+. The fourth-order valence-corrected chi connectivity index (χ4v) is 9.27. The third kappa shape index (κ3) is 6.28. The number of piperidine rings is 2. The van der Waals surface area contributed by atoms with Crippen LogP contribution in [0.25, 0.3) is 11.0 Å². The van der Waals surface area contributed by atoms with E-state index in [1.807, 2.05) is 36.1 Å². The highest BCUT2D eigenvalue weighted by molar-refractivity contribution is 7.85. The quantitative estimate of drug-likeness (QED) is 0.373. The van der Waals surface area contributed by atoms with Crippen LogP contribution in [0.2, 0.25) is 0 Å². The molecule has 2 aromatic carbocycles. The van der Waals surface area contributed by atoms with Crippen LogP contribution >= 0.6 is 0 Å². The number of rotatable bonds is 4. The van der Waals surface area contributed by atoms with Crippen molar-refractivity contribution < 1.29 is 27.8 Å². The van der Waals surface area contributed by atoms with Crippen LogP contribution in [-0.2, 0) is 10.1 Å². The maximum absolute atomic E-state index is 13.3. The number of aryl methyl sites for hydroxylation is 1. The molecule has 0 spiro atoms. The molecule has 0 radical (unpaired) electrons. The number of fused-ring (bicyclic) bond motifs is 5. The zero-order valence-corrected chi connectivity index (χ0v) is 25.5. The second-order valence-electron chi connectivity index (χ2n) is 13.2. The third-order valence-corrected chi connectivity index (χ3v) is 11.3. The van der Waals surface area contributed by atoms with Gasteiger partial charge in [-0.2, -0.15) is 8.42 Å². The van der Waals surface area contributed by atoms with Gasteiger partial charge in [0.2, 0.25) is 5.69 Å². The normalized spacial score (nSPS) is 30.2. The van der Waals surface area contributed by atoms with Crippen molar-refractivity contribution in [3.63, 3.8) is 0 Å². The Hall–Kier alpha value is -3.08. The summed E-state index contributed by atoms with van der Waals surface area (Å²) in [5, 5.41) is 9.62. The van der Waals surface area contributed by atoms with Crippen molar-refractivity contribution in [1.82, 2.24) is 9.55 Å². The molecule has 2 saturated heterocycles. The topological polar surface area (TPSA) is 131 Å². The summed E-state index contributed by atoms with van der Waals surface area (Å²) in [5.74, 6) is 0.637. The summed E-state index contributed by atoms with van der Waals surface area (Å²) < 4.78 is 31.3. The summed E-state index contributed by atoms with van der Waals surface area (Å²) in [5.41, 5.74) is 1.56. The molecule has 3 N–H and O–H groups in total. The number of quaternary nitrogens is 1.